The molecule has 3 heterocycles. The number of nitrogens with zero attached hydrogens (tertiary/aromatic N) is 3. The van der Waals surface area contributed by atoms with Gasteiger partial charge in [-0.15, -0.1) is 0 Å². The second-order valence-electron chi connectivity index (χ2n) is 5.71. The van der Waals surface area contributed by atoms with Gasteiger partial charge in [0, 0.05) is 50.4 Å². The molecule has 0 aromatic carbocycles. The van der Waals surface area contributed by atoms with E-state index in [9.17, 15) is 9.59 Å². The van der Waals surface area contributed by atoms with Crippen LogP contribution in [-0.2, 0) is 16.0 Å². The summed E-state index contributed by atoms with van der Waals surface area (Å²) >= 11 is 0. The number of anilines is 1. The van der Waals surface area contributed by atoms with Crippen molar-refractivity contribution in [1.29, 1.82) is 0 Å². The molecular formula is C16H20N4O2. The highest BCUT2D eigenvalue weighted by molar-refractivity contribution is 5.93. The molecule has 1 saturated heterocycles. The van der Waals surface area contributed by atoms with Crippen molar-refractivity contribution in [2.75, 3.05) is 24.5 Å². The van der Waals surface area contributed by atoms with Crippen LogP contribution in [0.5, 0.6) is 0 Å². The molecule has 2 aliphatic rings. The summed E-state index contributed by atoms with van der Waals surface area (Å²) in [6.07, 6.45) is 6.53. The molecule has 0 atom stereocenters. The van der Waals surface area contributed by atoms with Crippen LogP contribution in [0.3, 0.4) is 0 Å². The van der Waals surface area contributed by atoms with Crippen LogP contribution in [0.25, 0.3) is 0 Å². The minimum absolute atomic E-state index is 0.241. The van der Waals surface area contributed by atoms with Gasteiger partial charge in [0.05, 0.1) is 0 Å². The number of hydrogen-bond acceptors (Lipinski definition) is 4. The first-order valence-electron chi connectivity index (χ1n) is 7.64. The third kappa shape index (κ3) is 2.95. The minimum Gasteiger partial charge on any atom is -0.366 e. The fraction of sp³-hybridized carbons (Fsp3) is 0.438. The molecule has 0 unspecified atom stereocenters. The zero-order valence-electron chi connectivity index (χ0n) is 12.5. The number of carbonyl (C=O) groups is 2. The normalized spacial score (nSPS) is 17.5. The van der Waals surface area contributed by atoms with Crippen molar-refractivity contribution in [1.82, 2.24) is 9.88 Å². The quantitative estimate of drug-likeness (QED) is 0.873. The highest BCUT2D eigenvalue weighted by Crippen LogP contribution is 2.26. The number of primary amides is 1. The van der Waals surface area contributed by atoms with Gasteiger partial charge in [0.15, 0.2) is 0 Å². The molecule has 6 nitrogen and oxygen atoms in total. The van der Waals surface area contributed by atoms with Gasteiger partial charge in [0.2, 0.25) is 11.8 Å². The summed E-state index contributed by atoms with van der Waals surface area (Å²) in [7, 11) is 0. The lowest BCUT2D eigenvalue weighted by atomic mass is 10.0. The minimum atomic E-state index is -0.394. The molecule has 1 aromatic rings. The van der Waals surface area contributed by atoms with Gasteiger partial charge >= 0.3 is 0 Å². The van der Waals surface area contributed by atoms with Crippen LogP contribution < -0.4 is 10.6 Å². The molecule has 2 N–H and O–H groups in total. The molecule has 0 spiro atoms. The molecule has 0 aliphatic carbocycles. The Morgan fingerprint density at radius 2 is 2.23 bits per heavy atom. The largest absolute Gasteiger partial charge is 0.366 e. The molecule has 1 aromatic heterocycles. The predicted octanol–water partition coefficient (Wildman–Crippen LogP) is 0.826. The number of hydrogen-bond donors (Lipinski definition) is 1. The molecule has 0 bridgehead atoms. The highest BCUT2D eigenvalue weighted by Gasteiger charge is 2.22. The number of likely N-dealkylation sites (tertiary alicyclic amines) is 1. The number of carbonyl (C=O) groups excluding carboxylic acids is 2. The lowest BCUT2D eigenvalue weighted by Crippen LogP contribution is -2.32. The van der Waals surface area contributed by atoms with Gasteiger partial charge in [-0.3, -0.25) is 9.59 Å². The summed E-state index contributed by atoms with van der Waals surface area (Å²) in [5, 5.41) is 0. The first-order valence-corrected chi connectivity index (χ1v) is 7.64. The molecule has 2 aliphatic heterocycles. The van der Waals surface area contributed by atoms with E-state index >= 15 is 0 Å². The average Bonchev–Trinajstić information content (AvgIpc) is 2.92. The summed E-state index contributed by atoms with van der Waals surface area (Å²) in [5.41, 5.74) is 7.03. The predicted molar refractivity (Wildman–Crippen MR) is 83.0 cm³/mol. The topological polar surface area (TPSA) is 79.5 Å². The van der Waals surface area contributed by atoms with Crippen molar-refractivity contribution >= 4 is 17.6 Å². The zero-order chi connectivity index (χ0) is 15.5. The van der Waals surface area contributed by atoms with Gasteiger partial charge in [-0.1, -0.05) is 6.07 Å². The van der Waals surface area contributed by atoms with Gasteiger partial charge in [-0.25, -0.2) is 4.98 Å². The first kappa shape index (κ1) is 14.6. The molecule has 2 amide bonds. The van der Waals surface area contributed by atoms with Gasteiger partial charge in [-0.2, -0.15) is 0 Å². The van der Waals surface area contributed by atoms with E-state index in [2.05, 4.69) is 4.98 Å². The first-order chi connectivity index (χ1) is 10.6. The maximum absolute atomic E-state index is 11.6. The van der Waals surface area contributed by atoms with E-state index in [1.165, 1.54) is 0 Å². The molecule has 22 heavy (non-hydrogen) atoms. The molecule has 6 heteroatoms. The van der Waals surface area contributed by atoms with Crippen molar-refractivity contribution in [3.05, 3.63) is 35.7 Å². The van der Waals surface area contributed by atoms with E-state index in [1.54, 1.807) is 12.4 Å². The molecule has 116 valence electrons. The third-order valence-corrected chi connectivity index (χ3v) is 4.15. The van der Waals surface area contributed by atoms with Crippen LogP contribution in [-0.4, -0.2) is 41.3 Å². The van der Waals surface area contributed by atoms with Crippen molar-refractivity contribution in [3.8, 4) is 0 Å². The van der Waals surface area contributed by atoms with Crippen LogP contribution >= 0.6 is 0 Å². The number of nitrogens with two attached hydrogens (primary N) is 1. The number of pyridine rings is 1. The SMILES string of the molecule is NC(=O)C1=CN(CCCN2CCCC2=O)c2ncccc2C1. The Morgan fingerprint density at radius 1 is 1.36 bits per heavy atom. The Labute approximate surface area is 129 Å². The van der Waals surface area contributed by atoms with Crippen LogP contribution in [0, 0.1) is 0 Å². The van der Waals surface area contributed by atoms with Crippen LogP contribution in [0.15, 0.2) is 30.1 Å². The van der Waals surface area contributed by atoms with Crippen molar-refractivity contribution in [3.63, 3.8) is 0 Å². The van der Waals surface area contributed by atoms with Gasteiger partial charge in [0.25, 0.3) is 0 Å². The Balaban J connectivity index is 1.68. The summed E-state index contributed by atoms with van der Waals surface area (Å²) in [4.78, 5) is 31.4. The fourth-order valence-electron chi connectivity index (χ4n) is 3.02. The number of amides is 2. The summed E-state index contributed by atoms with van der Waals surface area (Å²) in [6.45, 7) is 2.32. The summed E-state index contributed by atoms with van der Waals surface area (Å²) < 4.78 is 0. The van der Waals surface area contributed by atoms with Crippen LogP contribution in [0.1, 0.15) is 24.8 Å². The molecular weight excluding hydrogens is 280 g/mol. The third-order valence-electron chi connectivity index (χ3n) is 4.15. The molecule has 1 fully saturated rings. The second kappa shape index (κ2) is 6.17. The highest BCUT2D eigenvalue weighted by atomic mass is 16.2. The van der Waals surface area contributed by atoms with Crippen molar-refractivity contribution in [2.45, 2.75) is 25.7 Å². The Kier molecular flexibility index (Phi) is 4.09. The van der Waals surface area contributed by atoms with E-state index in [0.29, 0.717) is 25.0 Å². The Hall–Kier alpha value is -2.37. The smallest absolute Gasteiger partial charge is 0.246 e. The average molecular weight is 300 g/mol. The monoisotopic (exact) mass is 300 g/mol. The second-order valence-corrected chi connectivity index (χ2v) is 5.71. The van der Waals surface area contributed by atoms with E-state index < -0.39 is 5.91 Å². The van der Waals surface area contributed by atoms with Crippen molar-refractivity contribution in [2.24, 2.45) is 5.73 Å². The maximum Gasteiger partial charge on any atom is 0.246 e. The van der Waals surface area contributed by atoms with Gasteiger partial charge < -0.3 is 15.5 Å². The standard InChI is InChI=1S/C16H20N4O2/c17-15(22)13-10-12-4-1-6-18-16(12)20(11-13)9-3-8-19-7-2-5-14(19)21/h1,4,6,11H,2-3,5,7-10H2,(H2,17,22). The molecule has 0 saturated carbocycles. The summed E-state index contributed by atoms with van der Waals surface area (Å²) in [5.74, 6) is 0.722. The van der Waals surface area contributed by atoms with E-state index in [-0.39, 0.29) is 5.91 Å². The number of fused-ring (bicyclic) bond motifs is 1. The van der Waals surface area contributed by atoms with E-state index in [1.807, 2.05) is 21.9 Å². The number of aromatic nitrogens is 1. The lowest BCUT2D eigenvalue weighted by molar-refractivity contribution is -0.127. The Bertz CT molecular complexity index is 626. The van der Waals surface area contributed by atoms with Crippen LogP contribution in [0.2, 0.25) is 0 Å². The van der Waals surface area contributed by atoms with Crippen molar-refractivity contribution < 1.29 is 9.59 Å². The summed E-state index contributed by atoms with van der Waals surface area (Å²) in [6, 6.07) is 3.83. The van der Waals surface area contributed by atoms with E-state index in [4.69, 9.17) is 5.73 Å². The van der Waals surface area contributed by atoms with Gasteiger partial charge in [0.1, 0.15) is 5.82 Å². The van der Waals surface area contributed by atoms with Gasteiger partial charge in [-0.05, 0) is 24.5 Å². The molecule has 0 radical (unpaired) electrons. The Morgan fingerprint density at radius 3 is 2.95 bits per heavy atom. The van der Waals surface area contributed by atoms with E-state index in [0.717, 1.165) is 37.3 Å². The van der Waals surface area contributed by atoms with Crippen LogP contribution in [0.4, 0.5) is 5.82 Å². The maximum atomic E-state index is 11.6. The zero-order valence-corrected chi connectivity index (χ0v) is 12.5. The number of rotatable bonds is 5. The fourth-order valence-corrected chi connectivity index (χ4v) is 3.02. The molecule has 3 rings (SSSR count). The lowest BCUT2D eigenvalue weighted by Gasteiger charge is -2.28.